The first kappa shape index (κ1) is 14.4. The van der Waals surface area contributed by atoms with Crippen LogP contribution in [0.15, 0.2) is 6.33 Å². The Morgan fingerprint density at radius 3 is 2.77 bits per heavy atom. The number of nitrogens with zero attached hydrogens (tertiary/aromatic N) is 2. The molecule has 2 heterocycles. The Labute approximate surface area is 136 Å². The van der Waals surface area contributed by atoms with Gasteiger partial charge >= 0.3 is 0 Å². The third-order valence-electron chi connectivity index (χ3n) is 5.52. The summed E-state index contributed by atoms with van der Waals surface area (Å²) in [6.07, 6.45) is 13.5. The van der Waals surface area contributed by atoms with Crippen LogP contribution in [0.4, 0.5) is 5.82 Å². The van der Waals surface area contributed by atoms with Crippen molar-refractivity contribution in [3.63, 3.8) is 0 Å². The number of nitrogens with one attached hydrogen (secondary N) is 1. The molecule has 4 heteroatoms. The highest BCUT2D eigenvalue weighted by Gasteiger charge is 2.23. The van der Waals surface area contributed by atoms with Gasteiger partial charge in [-0.15, -0.1) is 11.3 Å². The molecule has 2 aliphatic rings. The SMILES string of the molecule is CC[C@H]1CC[C@H](Nc2ncnc3sc4c(c23)CCCC4)CC1. The number of aryl methyl sites for hydroxylation is 2. The molecule has 2 aromatic rings. The molecule has 1 fully saturated rings. The molecule has 0 atom stereocenters. The third kappa shape index (κ3) is 2.62. The predicted octanol–water partition coefficient (Wildman–Crippen LogP) is 4.95. The largest absolute Gasteiger partial charge is 0.367 e. The number of hydrogen-bond acceptors (Lipinski definition) is 4. The van der Waals surface area contributed by atoms with Crippen LogP contribution in [-0.4, -0.2) is 16.0 Å². The molecule has 0 amide bonds. The maximum Gasteiger partial charge on any atom is 0.138 e. The van der Waals surface area contributed by atoms with Gasteiger partial charge in [0.1, 0.15) is 17.0 Å². The fourth-order valence-corrected chi connectivity index (χ4v) is 5.34. The molecule has 1 saturated carbocycles. The number of aromatic nitrogens is 2. The molecule has 0 spiro atoms. The molecular weight excluding hydrogens is 290 g/mol. The summed E-state index contributed by atoms with van der Waals surface area (Å²) in [5.74, 6) is 2.04. The Morgan fingerprint density at radius 2 is 1.95 bits per heavy atom. The zero-order valence-electron chi connectivity index (χ0n) is 13.4. The van der Waals surface area contributed by atoms with Crippen LogP contribution in [0.5, 0.6) is 0 Å². The minimum Gasteiger partial charge on any atom is -0.367 e. The lowest BCUT2D eigenvalue weighted by atomic mass is 9.84. The second-order valence-electron chi connectivity index (χ2n) is 6.88. The van der Waals surface area contributed by atoms with Gasteiger partial charge in [-0.3, -0.25) is 0 Å². The first-order valence-electron chi connectivity index (χ1n) is 8.87. The van der Waals surface area contributed by atoms with Crippen molar-refractivity contribution < 1.29 is 0 Å². The molecule has 0 aromatic carbocycles. The summed E-state index contributed by atoms with van der Waals surface area (Å²) in [6.45, 7) is 2.32. The van der Waals surface area contributed by atoms with Crippen LogP contribution < -0.4 is 5.32 Å². The van der Waals surface area contributed by atoms with Crippen molar-refractivity contribution >= 4 is 27.4 Å². The normalized spacial score (nSPS) is 25.1. The zero-order chi connectivity index (χ0) is 14.9. The average Bonchev–Trinajstić information content (AvgIpc) is 2.95. The van der Waals surface area contributed by atoms with E-state index in [1.807, 2.05) is 11.3 Å². The van der Waals surface area contributed by atoms with Crippen LogP contribution >= 0.6 is 11.3 Å². The average molecular weight is 315 g/mol. The summed E-state index contributed by atoms with van der Waals surface area (Å²) in [5, 5.41) is 5.09. The number of rotatable bonds is 3. The molecule has 3 nitrogen and oxygen atoms in total. The molecule has 1 N–H and O–H groups in total. The van der Waals surface area contributed by atoms with Crippen molar-refractivity contribution in [2.24, 2.45) is 5.92 Å². The molecular formula is C18H25N3S. The minimum absolute atomic E-state index is 0.597. The van der Waals surface area contributed by atoms with Crippen molar-refractivity contribution in [1.29, 1.82) is 0 Å². The van der Waals surface area contributed by atoms with E-state index in [1.54, 1.807) is 11.2 Å². The minimum atomic E-state index is 0.597. The molecule has 2 aromatic heterocycles. The smallest absolute Gasteiger partial charge is 0.138 e. The lowest BCUT2D eigenvalue weighted by Crippen LogP contribution is -2.26. The van der Waals surface area contributed by atoms with Gasteiger partial charge in [-0.2, -0.15) is 0 Å². The highest BCUT2D eigenvalue weighted by atomic mass is 32.1. The molecule has 0 bridgehead atoms. The van der Waals surface area contributed by atoms with Crippen molar-refractivity contribution in [2.45, 2.75) is 70.8 Å². The fourth-order valence-electron chi connectivity index (χ4n) is 4.11. The van der Waals surface area contributed by atoms with Gasteiger partial charge in [-0.05, 0) is 62.8 Å². The van der Waals surface area contributed by atoms with Gasteiger partial charge in [0, 0.05) is 10.9 Å². The van der Waals surface area contributed by atoms with E-state index in [-0.39, 0.29) is 0 Å². The molecule has 22 heavy (non-hydrogen) atoms. The van der Waals surface area contributed by atoms with Crippen LogP contribution in [0.25, 0.3) is 10.2 Å². The Bertz CT molecular complexity index is 656. The molecule has 2 aliphatic carbocycles. The van der Waals surface area contributed by atoms with Gasteiger partial charge < -0.3 is 5.32 Å². The van der Waals surface area contributed by atoms with Gasteiger partial charge in [-0.25, -0.2) is 9.97 Å². The summed E-state index contributed by atoms with van der Waals surface area (Å²) >= 11 is 1.89. The Hall–Kier alpha value is -1.16. The lowest BCUT2D eigenvalue weighted by molar-refractivity contribution is 0.330. The topological polar surface area (TPSA) is 37.8 Å². The summed E-state index contributed by atoms with van der Waals surface area (Å²) in [6, 6.07) is 0.597. The molecule has 0 unspecified atom stereocenters. The van der Waals surface area contributed by atoms with E-state index < -0.39 is 0 Å². The summed E-state index contributed by atoms with van der Waals surface area (Å²) < 4.78 is 0. The van der Waals surface area contributed by atoms with Gasteiger partial charge in [0.15, 0.2) is 0 Å². The summed E-state index contributed by atoms with van der Waals surface area (Å²) in [7, 11) is 0. The van der Waals surface area contributed by atoms with Gasteiger partial charge in [0.05, 0.1) is 5.39 Å². The highest BCUT2D eigenvalue weighted by Crippen LogP contribution is 2.39. The van der Waals surface area contributed by atoms with Gasteiger partial charge in [0.25, 0.3) is 0 Å². The van der Waals surface area contributed by atoms with Crippen molar-refractivity contribution in [2.75, 3.05) is 5.32 Å². The molecule has 118 valence electrons. The van der Waals surface area contributed by atoms with Crippen LogP contribution in [0.2, 0.25) is 0 Å². The lowest BCUT2D eigenvalue weighted by Gasteiger charge is -2.29. The van der Waals surface area contributed by atoms with Crippen LogP contribution in [0.3, 0.4) is 0 Å². The van der Waals surface area contributed by atoms with Crippen LogP contribution in [0.1, 0.15) is 62.3 Å². The van der Waals surface area contributed by atoms with E-state index in [0.717, 1.165) is 11.7 Å². The Morgan fingerprint density at radius 1 is 1.14 bits per heavy atom. The molecule has 0 aliphatic heterocycles. The van der Waals surface area contributed by atoms with Gasteiger partial charge in [0.2, 0.25) is 0 Å². The molecule has 4 rings (SSSR count). The second-order valence-corrected chi connectivity index (χ2v) is 7.97. The molecule has 0 radical (unpaired) electrons. The zero-order valence-corrected chi connectivity index (χ0v) is 14.2. The third-order valence-corrected chi connectivity index (χ3v) is 6.72. The first-order valence-corrected chi connectivity index (χ1v) is 9.68. The summed E-state index contributed by atoms with van der Waals surface area (Å²) in [4.78, 5) is 11.9. The number of thiophene rings is 1. The van der Waals surface area contributed by atoms with Crippen LogP contribution in [0, 0.1) is 5.92 Å². The monoisotopic (exact) mass is 315 g/mol. The quantitative estimate of drug-likeness (QED) is 0.870. The number of fused-ring (bicyclic) bond motifs is 3. The van der Waals surface area contributed by atoms with E-state index in [1.165, 1.54) is 73.6 Å². The Kier molecular flexibility index (Phi) is 4.03. The van der Waals surface area contributed by atoms with Crippen molar-refractivity contribution in [1.82, 2.24) is 9.97 Å². The predicted molar refractivity (Wildman–Crippen MR) is 93.7 cm³/mol. The fraction of sp³-hybridized carbons (Fsp3) is 0.667. The van der Waals surface area contributed by atoms with E-state index in [4.69, 9.17) is 0 Å². The highest BCUT2D eigenvalue weighted by molar-refractivity contribution is 7.19. The van der Waals surface area contributed by atoms with E-state index in [9.17, 15) is 0 Å². The first-order chi connectivity index (χ1) is 10.8. The Balaban J connectivity index is 1.60. The van der Waals surface area contributed by atoms with Crippen molar-refractivity contribution in [3.05, 3.63) is 16.8 Å². The van der Waals surface area contributed by atoms with Crippen LogP contribution in [-0.2, 0) is 12.8 Å². The van der Waals surface area contributed by atoms with E-state index >= 15 is 0 Å². The van der Waals surface area contributed by atoms with E-state index in [0.29, 0.717) is 6.04 Å². The standard InChI is InChI=1S/C18H25N3S/c1-2-12-7-9-13(10-8-12)21-17-16-14-5-3-4-6-15(14)22-18(16)20-11-19-17/h11-13H,2-10H2,1H3,(H,19,20,21)/t12-,13-. The number of anilines is 1. The molecule has 0 saturated heterocycles. The second kappa shape index (κ2) is 6.15. The van der Waals surface area contributed by atoms with Gasteiger partial charge in [-0.1, -0.05) is 13.3 Å². The van der Waals surface area contributed by atoms with E-state index in [2.05, 4.69) is 22.2 Å². The maximum atomic E-state index is 4.60. The summed E-state index contributed by atoms with van der Waals surface area (Å²) in [5.41, 5.74) is 1.54. The maximum absolute atomic E-state index is 4.60. The van der Waals surface area contributed by atoms with Crippen molar-refractivity contribution in [3.8, 4) is 0 Å². The number of hydrogen-bond donors (Lipinski definition) is 1.